The van der Waals surface area contributed by atoms with Crippen molar-refractivity contribution in [3.8, 4) is 0 Å². The average molecular weight is 439 g/mol. The number of ether oxygens (including phenoxy) is 1. The number of carbonyl (C=O) groups excluding carboxylic acids is 1. The summed E-state index contributed by atoms with van der Waals surface area (Å²) in [5.41, 5.74) is 8.21. The third kappa shape index (κ3) is 21.7. The zero-order valence-electron chi connectivity index (χ0n) is 20.6. The van der Waals surface area contributed by atoms with Gasteiger partial charge in [-0.25, -0.2) is 0 Å². The Morgan fingerprint density at radius 3 is 2.03 bits per heavy atom. The van der Waals surface area contributed by atoms with E-state index in [1.165, 1.54) is 51.4 Å². The third-order valence-corrected chi connectivity index (χ3v) is 5.81. The van der Waals surface area contributed by atoms with Gasteiger partial charge in [-0.1, -0.05) is 96.0 Å². The second-order valence-corrected chi connectivity index (χ2v) is 8.74. The molecule has 0 rings (SSSR count). The van der Waals surface area contributed by atoms with Gasteiger partial charge in [-0.2, -0.15) is 0 Å². The molecule has 6 heteroatoms. The monoisotopic (exact) mass is 438 g/mol. The van der Waals surface area contributed by atoms with Crippen LogP contribution in [0.4, 0.5) is 0 Å². The lowest BCUT2D eigenvalue weighted by atomic mass is 9.94. The molecule has 0 amide bonds. The maximum Gasteiger partial charge on any atom is 0.308 e. The zero-order chi connectivity index (χ0) is 22.8. The maximum atomic E-state index is 12.6. The highest BCUT2D eigenvalue weighted by molar-refractivity contribution is 5.72. The summed E-state index contributed by atoms with van der Waals surface area (Å²) in [4.78, 5) is 15.3. The molecular weight excluding hydrogens is 388 g/mol. The molecule has 0 spiro atoms. The van der Waals surface area contributed by atoms with Crippen molar-refractivity contribution in [3.05, 3.63) is 10.4 Å². The molecule has 0 heterocycles. The van der Waals surface area contributed by atoms with Crippen LogP contribution in [0.25, 0.3) is 10.4 Å². The summed E-state index contributed by atoms with van der Waals surface area (Å²) >= 11 is 0. The Bertz CT molecular complexity index is 439. The smallest absolute Gasteiger partial charge is 0.308 e. The van der Waals surface area contributed by atoms with E-state index in [0.717, 1.165) is 70.9 Å². The van der Waals surface area contributed by atoms with Gasteiger partial charge in [0.25, 0.3) is 0 Å². The first-order chi connectivity index (χ1) is 15.3. The molecule has 0 aliphatic rings. The second-order valence-electron chi connectivity index (χ2n) is 8.74. The molecule has 182 valence electrons. The number of hydrogen-bond donors (Lipinski definition) is 1. The van der Waals surface area contributed by atoms with Crippen LogP contribution in [0.2, 0.25) is 0 Å². The number of unbranched alkanes of at least 4 members (excludes halogenated alkanes) is 11. The number of nitrogens with one attached hydrogen (secondary N) is 1. The Morgan fingerprint density at radius 2 is 1.35 bits per heavy atom. The number of esters is 1. The molecule has 0 aliphatic carbocycles. The van der Waals surface area contributed by atoms with Gasteiger partial charge in [-0.15, -0.1) is 0 Å². The van der Waals surface area contributed by atoms with E-state index in [0.29, 0.717) is 13.2 Å². The first-order valence-corrected chi connectivity index (χ1v) is 13.1. The van der Waals surface area contributed by atoms with Crippen molar-refractivity contribution in [3.63, 3.8) is 0 Å². The number of nitrogens with zero attached hydrogens (tertiary/aromatic N) is 3. The molecule has 0 aliphatic heterocycles. The molecular formula is C25H50N4O2. The first kappa shape index (κ1) is 29.7. The maximum absolute atomic E-state index is 12.6. The molecule has 0 aromatic rings. The Hall–Kier alpha value is -1.26. The van der Waals surface area contributed by atoms with Crippen LogP contribution in [0.5, 0.6) is 0 Å². The van der Waals surface area contributed by atoms with Gasteiger partial charge in [-0.05, 0) is 50.7 Å². The van der Waals surface area contributed by atoms with Gasteiger partial charge in [0.05, 0.1) is 12.5 Å². The molecule has 6 nitrogen and oxygen atoms in total. The minimum atomic E-state index is 0.0479. The van der Waals surface area contributed by atoms with Crippen molar-refractivity contribution >= 4 is 5.97 Å². The van der Waals surface area contributed by atoms with E-state index < -0.39 is 0 Å². The molecule has 0 saturated carbocycles. The molecule has 1 unspecified atom stereocenters. The predicted molar refractivity (Wildman–Crippen MR) is 131 cm³/mol. The van der Waals surface area contributed by atoms with Crippen molar-refractivity contribution in [2.45, 2.75) is 123 Å². The molecule has 0 aromatic carbocycles. The van der Waals surface area contributed by atoms with Crippen molar-refractivity contribution < 1.29 is 9.53 Å². The van der Waals surface area contributed by atoms with Gasteiger partial charge in [0, 0.05) is 11.5 Å². The van der Waals surface area contributed by atoms with E-state index in [9.17, 15) is 4.79 Å². The largest absolute Gasteiger partial charge is 0.465 e. The lowest BCUT2D eigenvalue weighted by Gasteiger charge is -2.16. The minimum absolute atomic E-state index is 0.0479. The van der Waals surface area contributed by atoms with Gasteiger partial charge < -0.3 is 10.1 Å². The quantitative estimate of drug-likeness (QED) is 0.0550. The Balaban J connectivity index is 3.84. The molecule has 1 atom stereocenters. The predicted octanol–water partition coefficient (Wildman–Crippen LogP) is 7.72. The van der Waals surface area contributed by atoms with Crippen LogP contribution in [-0.2, 0) is 9.53 Å². The van der Waals surface area contributed by atoms with Crippen molar-refractivity contribution in [1.29, 1.82) is 0 Å². The molecule has 31 heavy (non-hydrogen) atoms. The Morgan fingerprint density at radius 1 is 0.806 bits per heavy atom. The van der Waals surface area contributed by atoms with Crippen LogP contribution in [0.15, 0.2) is 5.11 Å². The summed E-state index contributed by atoms with van der Waals surface area (Å²) in [6, 6.07) is 0. The van der Waals surface area contributed by atoms with E-state index in [2.05, 4.69) is 29.2 Å². The summed E-state index contributed by atoms with van der Waals surface area (Å²) in [6.45, 7) is 7.50. The number of hydrogen-bond acceptors (Lipinski definition) is 4. The van der Waals surface area contributed by atoms with E-state index in [1.54, 1.807) is 0 Å². The van der Waals surface area contributed by atoms with Gasteiger partial charge in [0.15, 0.2) is 0 Å². The SMILES string of the molecule is CCCCCCCCC(CCCCCC)C(=O)OCCCCCCNCCCN=[N+]=[N-]. The molecule has 0 aromatic heterocycles. The minimum Gasteiger partial charge on any atom is -0.465 e. The standard InChI is InChI=1S/C25H50N4O2/c1-3-5-7-9-10-14-19-24(18-13-8-6-4-2)25(30)31-23-16-12-11-15-20-27-21-17-22-28-29-26/h24,27H,3-23H2,1-2H3. The highest BCUT2D eigenvalue weighted by atomic mass is 16.5. The van der Waals surface area contributed by atoms with Gasteiger partial charge >= 0.3 is 5.97 Å². The van der Waals surface area contributed by atoms with Crippen LogP contribution < -0.4 is 5.32 Å². The normalized spacial score (nSPS) is 11.8. The fourth-order valence-electron chi connectivity index (χ4n) is 3.81. The third-order valence-electron chi connectivity index (χ3n) is 5.81. The average Bonchev–Trinajstić information content (AvgIpc) is 2.78. The van der Waals surface area contributed by atoms with Crippen LogP contribution in [-0.4, -0.2) is 32.2 Å². The second kappa shape index (κ2) is 25.0. The van der Waals surface area contributed by atoms with Crippen LogP contribution >= 0.6 is 0 Å². The first-order valence-electron chi connectivity index (χ1n) is 13.1. The molecule has 0 saturated heterocycles. The molecule has 0 bridgehead atoms. The highest BCUT2D eigenvalue weighted by Gasteiger charge is 2.19. The van der Waals surface area contributed by atoms with Gasteiger partial charge in [-0.3, -0.25) is 4.79 Å². The summed E-state index contributed by atoms with van der Waals surface area (Å²) in [6.07, 6.45) is 19.8. The summed E-state index contributed by atoms with van der Waals surface area (Å²) in [7, 11) is 0. The van der Waals surface area contributed by atoms with Gasteiger partial charge in [0.2, 0.25) is 0 Å². The molecule has 1 N–H and O–H groups in total. The van der Waals surface area contributed by atoms with Crippen LogP contribution in [0, 0.1) is 5.92 Å². The van der Waals surface area contributed by atoms with Crippen LogP contribution in [0.3, 0.4) is 0 Å². The topological polar surface area (TPSA) is 87.1 Å². The molecule has 0 radical (unpaired) electrons. The Kier molecular flexibility index (Phi) is 24.0. The zero-order valence-corrected chi connectivity index (χ0v) is 20.6. The van der Waals surface area contributed by atoms with E-state index >= 15 is 0 Å². The summed E-state index contributed by atoms with van der Waals surface area (Å²) in [5.74, 6) is 0.157. The summed E-state index contributed by atoms with van der Waals surface area (Å²) < 4.78 is 5.65. The fourth-order valence-corrected chi connectivity index (χ4v) is 3.81. The molecule has 0 fully saturated rings. The van der Waals surface area contributed by atoms with Crippen molar-refractivity contribution in [1.82, 2.24) is 5.32 Å². The summed E-state index contributed by atoms with van der Waals surface area (Å²) in [5, 5.41) is 6.88. The number of carbonyl (C=O) groups is 1. The number of rotatable bonds is 24. The van der Waals surface area contributed by atoms with Gasteiger partial charge in [0.1, 0.15) is 0 Å². The highest BCUT2D eigenvalue weighted by Crippen LogP contribution is 2.20. The van der Waals surface area contributed by atoms with E-state index in [-0.39, 0.29) is 11.9 Å². The Labute approximate surface area is 191 Å². The van der Waals surface area contributed by atoms with Crippen LogP contribution in [0.1, 0.15) is 123 Å². The number of azide groups is 1. The van der Waals surface area contributed by atoms with E-state index in [1.807, 2.05) is 0 Å². The lowest BCUT2D eigenvalue weighted by Crippen LogP contribution is -2.19. The van der Waals surface area contributed by atoms with E-state index in [4.69, 9.17) is 10.3 Å². The van der Waals surface area contributed by atoms with Crippen molar-refractivity contribution in [2.24, 2.45) is 11.0 Å². The lowest BCUT2D eigenvalue weighted by molar-refractivity contribution is -0.149. The van der Waals surface area contributed by atoms with Crippen molar-refractivity contribution in [2.75, 3.05) is 26.2 Å². The fraction of sp³-hybridized carbons (Fsp3) is 0.960.